The summed E-state index contributed by atoms with van der Waals surface area (Å²) in [5.74, 6) is -0.325. The molecule has 6 nitrogen and oxygen atoms in total. The summed E-state index contributed by atoms with van der Waals surface area (Å²) >= 11 is 0.848. The predicted octanol–water partition coefficient (Wildman–Crippen LogP) is 0.767. The molecule has 0 bridgehead atoms. The van der Waals surface area contributed by atoms with Crippen LogP contribution in [0.5, 0.6) is 0 Å². The molecule has 84 valence electrons. The van der Waals surface area contributed by atoms with Crippen molar-refractivity contribution in [2.45, 2.75) is 0 Å². The van der Waals surface area contributed by atoms with Crippen molar-refractivity contribution in [3.8, 4) is 0 Å². The summed E-state index contributed by atoms with van der Waals surface area (Å²) in [7, 11) is 0. The standard InChI is InChI=1S/C7H9N3O3S.ClH/c8-3-4-9-7(11)5-1-2-6(14-5)10(12)13;/h1-2H,3-4,8H2,(H,9,11);1H. The van der Waals surface area contributed by atoms with Crippen molar-refractivity contribution in [1.82, 2.24) is 5.32 Å². The lowest BCUT2D eigenvalue weighted by Gasteiger charge is -1.98. The van der Waals surface area contributed by atoms with Crippen molar-refractivity contribution in [3.63, 3.8) is 0 Å². The molecule has 0 aromatic carbocycles. The highest BCUT2D eigenvalue weighted by Crippen LogP contribution is 2.23. The minimum atomic E-state index is -0.523. The van der Waals surface area contributed by atoms with Crippen LogP contribution in [0.2, 0.25) is 0 Å². The maximum Gasteiger partial charge on any atom is 0.324 e. The Morgan fingerprint density at radius 1 is 1.60 bits per heavy atom. The van der Waals surface area contributed by atoms with Crippen molar-refractivity contribution in [2.75, 3.05) is 13.1 Å². The summed E-state index contributed by atoms with van der Waals surface area (Å²) in [6, 6.07) is 2.73. The van der Waals surface area contributed by atoms with E-state index in [0.717, 1.165) is 11.3 Å². The number of halogens is 1. The lowest BCUT2D eigenvalue weighted by atomic mass is 10.4. The maximum absolute atomic E-state index is 11.3. The average molecular weight is 252 g/mol. The Kier molecular flexibility index (Phi) is 5.83. The molecule has 0 saturated carbocycles. The number of nitrogens with one attached hydrogen (secondary N) is 1. The molecule has 1 rings (SSSR count). The molecule has 15 heavy (non-hydrogen) atoms. The van der Waals surface area contributed by atoms with Crippen LogP contribution in [0.1, 0.15) is 9.67 Å². The molecule has 1 aromatic rings. The van der Waals surface area contributed by atoms with Gasteiger partial charge in [-0.05, 0) is 6.07 Å². The van der Waals surface area contributed by atoms with E-state index in [2.05, 4.69) is 5.32 Å². The molecule has 0 aliphatic heterocycles. The number of carbonyl (C=O) groups excluding carboxylic acids is 1. The van der Waals surface area contributed by atoms with Crippen LogP contribution in [0.25, 0.3) is 0 Å². The zero-order chi connectivity index (χ0) is 10.6. The minimum absolute atomic E-state index is 0. The Bertz CT molecular complexity index is 355. The van der Waals surface area contributed by atoms with Gasteiger partial charge >= 0.3 is 5.00 Å². The predicted molar refractivity (Wildman–Crippen MR) is 59.6 cm³/mol. The largest absolute Gasteiger partial charge is 0.350 e. The molecule has 0 radical (unpaired) electrons. The van der Waals surface area contributed by atoms with E-state index in [1.165, 1.54) is 12.1 Å². The van der Waals surface area contributed by atoms with Crippen LogP contribution in [0.4, 0.5) is 5.00 Å². The number of hydrogen-bond donors (Lipinski definition) is 2. The second-order valence-electron chi connectivity index (χ2n) is 2.44. The van der Waals surface area contributed by atoms with Crippen LogP contribution in [-0.4, -0.2) is 23.9 Å². The highest BCUT2D eigenvalue weighted by Gasteiger charge is 2.14. The average Bonchev–Trinajstić information content (AvgIpc) is 2.62. The molecule has 3 N–H and O–H groups in total. The van der Waals surface area contributed by atoms with E-state index >= 15 is 0 Å². The zero-order valence-electron chi connectivity index (χ0n) is 7.63. The van der Waals surface area contributed by atoms with Crippen LogP contribution >= 0.6 is 23.7 Å². The van der Waals surface area contributed by atoms with E-state index in [9.17, 15) is 14.9 Å². The lowest BCUT2D eigenvalue weighted by Crippen LogP contribution is -2.28. The van der Waals surface area contributed by atoms with Gasteiger partial charge in [-0.1, -0.05) is 11.3 Å². The lowest BCUT2D eigenvalue weighted by molar-refractivity contribution is -0.380. The number of hydrogen-bond acceptors (Lipinski definition) is 5. The molecule has 1 aromatic heterocycles. The van der Waals surface area contributed by atoms with Crippen molar-refractivity contribution in [3.05, 3.63) is 27.1 Å². The third kappa shape index (κ3) is 3.82. The fraction of sp³-hybridized carbons (Fsp3) is 0.286. The minimum Gasteiger partial charge on any atom is -0.350 e. The van der Waals surface area contributed by atoms with E-state index in [4.69, 9.17) is 5.73 Å². The molecule has 1 amide bonds. The molecular weight excluding hydrogens is 242 g/mol. The number of nitro groups is 1. The summed E-state index contributed by atoms with van der Waals surface area (Å²) in [5.41, 5.74) is 5.19. The molecule has 1 heterocycles. The number of rotatable bonds is 4. The van der Waals surface area contributed by atoms with Gasteiger partial charge in [-0.3, -0.25) is 14.9 Å². The number of amides is 1. The molecule has 0 aliphatic rings. The Labute approximate surface area is 96.0 Å². The Hall–Kier alpha value is -1.18. The third-order valence-electron chi connectivity index (χ3n) is 1.43. The smallest absolute Gasteiger partial charge is 0.324 e. The third-order valence-corrected chi connectivity index (χ3v) is 2.46. The number of nitrogens with two attached hydrogens (primary N) is 1. The van der Waals surface area contributed by atoms with Gasteiger partial charge in [-0.2, -0.15) is 0 Å². The van der Waals surface area contributed by atoms with E-state index in [0.29, 0.717) is 18.0 Å². The van der Waals surface area contributed by atoms with E-state index in [-0.39, 0.29) is 23.3 Å². The topological polar surface area (TPSA) is 98.3 Å². The second-order valence-corrected chi connectivity index (χ2v) is 3.50. The monoisotopic (exact) mass is 251 g/mol. The fourth-order valence-corrected chi connectivity index (χ4v) is 1.56. The van der Waals surface area contributed by atoms with Gasteiger partial charge in [0.2, 0.25) is 0 Å². The van der Waals surface area contributed by atoms with Gasteiger partial charge in [0.15, 0.2) is 0 Å². The van der Waals surface area contributed by atoms with Crippen LogP contribution in [0, 0.1) is 10.1 Å². The van der Waals surface area contributed by atoms with Crippen molar-refractivity contribution in [1.29, 1.82) is 0 Å². The first kappa shape index (κ1) is 13.8. The summed E-state index contributed by atoms with van der Waals surface area (Å²) in [4.78, 5) is 21.4. The van der Waals surface area contributed by atoms with Gasteiger partial charge < -0.3 is 11.1 Å². The zero-order valence-corrected chi connectivity index (χ0v) is 9.27. The summed E-state index contributed by atoms with van der Waals surface area (Å²) in [6.45, 7) is 0.712. The Balaban J connectivity index is 0.00000196. The first-order valence-electron chi connectivity index (χ1n) is 3.87. The van der Waals surface area contributed by atoms with Gasteiger partial charge in [-0.15, -0.1) is 12.4 Å². The highest BCUT2D eigenvalue weighted by molar-refractivity contribution is 7.17. The maximum atomic E-state index is 11.3. The molecular formula is C7H10ClN3O3S. The van der Waals surface area contributed by atoms with Gasteiger partial charge in [0.05, 0.1) is 9.80 Å². The van der Waals surface area contributed by atoms with E-state index in [1.807, 2.05) is 0 Å². The van der Waals surface area contributed by atoms with Crippen LogP contribution < -0.4 is 11.1 Å². The molecule has 0 saturated heterocycles. The van der Waals surface area contributed by atoms with E-state index in [1.54, 1.807) is 0 Å². The fourth-order valence-electron chi connectivity index (χ4n) is 0.821. The summed E-state index contributed by atoms with van der Waals surface area (Å²) < 4.78 is 0. The first-order chi connectivity index (χ1) is 6.65. The van der Waals surface area contributed by atoms with Crippen molar-refractivity contribution >= 4 is 34.7 Å². The molecule has 0 spiro atoms. The highest BCUT2D eigenvalue weighted by atomic mass is 35.5. The number of thiophene rings is 1. The van der Waals surface area contributed by atoms with Gasteiger partial charge in [-0.25, -0.2) is 0 Å². The summed E-state index contributed by atoms with van der Waals surface area (Å²) in [6.07, 6.45) is 0. The number of carbonyl (C=O) groups is 1. The van der Waals surface area contributed by atoms with Gasteiger partial charge in [0.25, 0.3) is 5.91 Å². The van der Waals surface area contributed by atoms with Crippen molar-refractivity contribution < 1.29 is 9.72 Å². The van der Waals surface area contributed by atoms with Crippen LogP contribution in [-0.2, 0) is 0 Å². The second kappa shape index (κ2) is 6.33. The number of nitrogens with zero attached hydrogens (tertiary/aromatic N) is 1. The normalized spacial score (nSPS) is 9.13. The SMILES string of the molecule is Cl.NCCNC(=O)c1ccc([N+](=O)[O-])s1. The quantitative estimate of drug-likeness (QED) is 0.610. The molecule has 0 aliphatic carbocycles. The molecule has 0 fully saturated rings. The molecule has 0 atom stereocenters. The van der Waals surface area contributed by atoms with Gasteiger partial charge in [0.1, 0.15) is 0 Å². The molecule has 0 unspecified atom stereocenters. The Morgan fingerprint density at radius 2 is 2.27 bits per heavy atom. The molecule has 8 heteroatoms. The summed E-state index contributed by atoms with van der Waals surface area (Å²) in [5, 5.41) is 12.8. The first-order valence-corrected chi connectivity index (χ1v) is 4.69. The van der Waals surface area contributed by atoms with Crippen molar-refractivity contribution in [2.24, 2.45) is 5.73 Å². The van der Waals surface area contributed by atoms with E-state index < -0.39 is 4.92 Å². The Morgan fingerprint density at radius 3 is 2.73 bits per heavy atom. The van der Waals surface area contributed by atoms with Crippen LogP contribution in [0.15, 0.2) is 12.1 Å². The van der Waals surface area contributed by atoms with Gasteiger partial charge in [0, 0.05) is 19.2 Å². The van der Waals surface area contributed by atoms with Crippen LogP contribution in [0.3, 0.4) is 0 Å².